The van der Waals surface area contributed by atoms with Crippen molar-refractivity contribution in [3.63, 3.8) is 0 Å². The van der Waals surface area contributed by atoms with E-state index in [2.05, 4.69) is 73.8 Å². The van der Waals surface area contributed by atoms with Crippen LogP contribution in [0.5, 0.6) is 0 Å². The largest absolute Gasteiger partial charge is 0.341 e. The molecule has 39 heavy (non-hydrogen) atoms. The van der Waals surface area contributed by atoms with E-state index in [9.17, 15) is 4.79 Å². The van der Waals surface area contributed by atoms with Crippen molar-refractivity contribution in [2.45, 2.75) is 57.7 Å². The predicted octanol–water partition coefficient (Wildman–Crippen LogP) is 5.21. The van der Waals surface area contributed by atoms with Gasteiger partial charge >= 0.3 is 0 Å². The van der Waals surface area contributed by atoms with Crippen LogP contribution in [0.4, 0.5) is 0 Å². The molecular formula is C31H37N7O. The summed E-state index contributed by atoms with van der Waals surface area (Å²) in [6.45, 7) is 5.76. The predicted molar refractivity (Wildman–Crippen MR) is 154 cm³/mol. The lowest BCUT2D eigenvalue weighted by Crippen LogP contribution is -2.46. The lowest BCUT2D eigenvalue weighted by Gasteiger charge is -2.27. The first-order valence-electron chi connectivity index (χ1n) is 14.1. The Morgan fingerprint density at radius 3 is 1.97 bits per heavy atom. The minimum absolute atomic E-state index is 0.0135. The molecular weight excluding hydrogens is 486 g/mol. The summed E-state index contributed by atoms with van der Waals surface area (Å²) in [4.78, 5) is 31.0. The second-order valence-electron chi connectivity index (χ2n) is 11.1. The second kappa shape index (κ2) is 10.8. The van der Waals surface area contributed by atoms with Crippen molar-refractivity contribution in [1.82, 2.24) is 30.2 Å². The van der Waals surface area contributed by atoms with E-state index >= 15 is 0 Å². The topological polar surface area (TPSA) is 116 Å². The highest BCUT2D eigenvalue weighted by molar-refractivity contribution is 5.82. The van der Waals surface area contributed by atoms with Gasteiger partial charge in [0, 0.05) is 6.54 Å². The van der Waals surface area contributed by atoms with Crippen molar-refractivity contribution in [3.05, 3.63) is 72.6 Å². The van der Waals surface area contributed by atoms with E-state index in [1.165, 1.54) is 6.42 Å². The zero-order valence-electron chi connectivity index (χ0n) is 22.7. The molecule has 4 aromatic rings. The van der Waals surface area contributed by atoms with Crippen LogP contribution in [0.3, 0.4) is 0 Å². The summed E-state index contributed by atoms with van der Waals surface area (Å²) in [5.41, 5.74) is 12.7. The number of nitrogens with zero attached hydrogens (tertiary/aromatic N) is 3. The second-order valence-corrected chi connectivity index (χ2v) is 11.1. The number of nitrogens with two attached hydrogens (primary N) is 1. The molecule has 2 aliphatic rings. The van der Waals surface area contributed by atoms with E-state index in [1.807, 2.05) is 31.1 Å². The lowest BCUT2D eigenvalue weighted by molar-refractivity contribution is -0.134. The molecule has 8 heteroatoms. The Kier molecular flexibility index (Phi) is 7.06. The molecule has 2 fully saturated rings. The van der Waals surface area contributed by atoms with Crippen molar-refractivity contribution >= 4 is 5.91 Å². The van der Waals surface area contributed by atoms with Gasteiger partial charge in [-0.3, -0.25) is 4.79 Å². The summed E-state index contributed by atoms with van der Waals surface area (Å²) in [5.74, 6) is 1.98. The van der Waals surface area contributed by atoms with E-state index in [4.69, 9.17) is 5.73 Å². The molecule has 2 aromatic carbocycles. The number of carbonyl (C=O) groups excluding carboxylic acids is 1. The zero-order chi connectivity index (χ0) is 26.9. The van der Waals surface area contributed by atoms with Gasteiger partial charge in [0.1, 0.15) is 11.6 Å². The number of hydrogen-bond donors (Lipinski definition) is 4. The lowest BCUT2D eigenvalue weighted by atomic mass is 10.0. The minimum atomic E-state index is -0.479. The van der Waals surface area contributed by atoms with Gasteiger partial charge in [0.05, 0.1) is 41.9 Å². The van der Waals surface area contributed by atoms with Gasteiger partial charge in [-0.15, -0.1) is 0 Å². The summed E-state index contributed by atoms with van der Waals surface area (Å²) in [6, 6.07) is 16.9. The van der Waals surface area contributed by atoms with Gasteiger partial charge in [0.15, 0.2) is 0 Å². The van der Waals surface area contributed by atoms with Crippen LogP contribution >= 0.6 is 0 Å². The van der Waals surface area contributed by atoms with Gasteiger partial charge in [0.25, 0.3) is 0 Å². The van der Waals surface area contributed by atoms with Crippen LogP contribution in [0, 0.1) is 5.92 Å². The smallest absolute Gasteiger partial charge is 0.240 e. The standard InChI is InChI=1S/C31H37N7O/c1-19(2)28(32)31(39)38-16-4-6-27(38)30-35-18-26(37-30)23-13-9-21(10-14-23)20-7-11-22(12-8-20)25-17-34-29(36-25)24-5-3-15-33-24/h7-14,17-19,24,27-28,33H,3-6,15-16,32H2,1-2H3,(H,34,36)(H,35,37)/t24-,27-,28+/m0/s1. The highest BCUT2D eigenvalue weighted by Gasteiger charge is 2.35. The number of hydrogen-bond acceptors (Lipinski definition) is 5. The van der Waals surface area contributed by atoms with Crippen LogP contribution in [-0.2, 0) is 4.79 Å². The number of carbonyl (C=O) groups is 1. The molecule has 4 heterocycles. The summed E-state index contributed by atoms with van der Waals surface area (Å²) in [7, 11) is 0. The monoisotopic (exact) mass is 523 g/mol. The van der Waals surface area contributed by atoms with Crippen LogP contribution < -0.4 is 11.1 Å². The molecule has 2 aromatic heterocycles. The van der Waals surface area contributed by atoms with Crippen LogP contribution in [0.15, 0.2) is 60.9 Å². The number of nitrogens with one attached hydrogen (secondary N) is 3. The quantitative estimate of drug-likeness (QED) is 0.266. The molecule has 5 N–H and O–H groups in total. The van der Waals surface area contributed by atoms with E-state index in [0.717, 1.165) is 77.6 Å². The third kappa shape index (κ3) is 5.14. The number of aromatic nitrogens is 4. The molecule has 0 bridgehead atoms. The normalized spacial score (nSPS) is 20.2. The Morgan fingerprint density at radius 1 is 0.846 bits per heavy atom. The molecule has 1 amide bonds. The average Bonchev–Trinajstić information content (AvgIpc) is 3.78. The molecule has 2 aliphatic heterocycles. The molecule has 3 atom stereocenters. The van der Waals surface area contributed by atoms with Gasteiger partial charge in [-0.25, -0.2) is 9.97 Å². The molecule has 0 spiro atoms. The highest BCUT2D eigenvalue weighted by atomic mass is 16.2. The van der Waals surface area contributed by atoms with Gasteiger partial charge < -0.3 is 25.9 Å². The van der Waals surface area contributed by atoms with Crippen molar-refractivity contribution < 1.29 is 4.79 Å². The van der Waals surface area contributed by atoms with Gasteiger partial charge in [-0.2, -0.15) is 0 Å². The molecule has 0 saturated carbocycles. The van der Waals surface area contributed by atoms with E-state index < -0.39 is 6.04 Å². The Morgan fingerprint density at radius 2 is 1.41 bits per heavy atom. The number of amides is 1. The van der Waals surface area contributed by atoms with Crippen molar-refractivity contribution in [3.8, 4) is 33.6 Å². The van der Waals surface area contributed by atoms with E-state index in [-0.39, 0.29) is 17.9 Å². The van der Waals surface area contributed by atoms with Gasteiger partial charge in [0.2, 0.25) is 5.91 Å². The van der Waals surface area contributed by atoms with Gasteiger partial charge in [-0.1, -0.05) is 62.4 Å². The fourth-order valence-corrected chi connectivity index (χ4v) is 5.71. The first-order valence-corrected chi connectivity index (χ1v) is 14.1. The Bertz CT molecular complexity index is 1410. The van der Waals surface area contributed by atoms with Crippen LogP contribution in [-0.4, -0.2) is 49.9 Å². The van der Waals surface area contributed by atoms with Crippen molar-refractivity contribution in [2.24, 2.45) is 11.7 Å². The first kappa shape index (κ1) is 25.5. The summed E-state index contributed by atoms with van der Waals surface area (Å²) in [6.07, 6.45) is 7.98. The summed E-state index contributed by atoms with van der Waals surface area (Å²) in [5, 5.41) is 3.49. The first-order chi connectivity index (χ1) is 19.0. The summed E-state index contributed by atoms with van der Waals surface area (Å²) < 4.78 is 0. The summed E-state index contributed by atoms with van der Waals surface area (Å²) >= 11 is 0. The zero-order valence-corrected chi connectivity index (χ0v) is 22.7. The Balaban J connectivity index is 1.14. The number of aromatic amines is 2. The molecule has 8 nitrogen and oxygen atoms in total. The SMILES string of the molecule is CC(C)[C@@H](N)C(=O)N1CCC[C@H]1c1ncc(-c2ccc(-c3ccc(-c4cnc([C@@H]5CCCN5)[nH]4)cc3)cc2)[nH]1. The van der Waals surface area contributed by atoms with Gasteiger partial charge in [-0.05, 0) is 60.4 Å². The van der Waals surface area contributed by atoms with Crippen LogP contribution in [0.25, 0.3) is 33.6 Å². The average molecular weight is 524 g/mol. The van der Waals surface area contributed by atoms with Crippen LogP contribution in [0.1, 0.15) is 63.3 Å². The van der Waals surface area contributed by atoms with E-state index in [0.29, 0.717) is 6.04 Å². The number of likely N-dealkylation sites (tertiary alicyclic amines) is 1. The minimum Gasteiger partial charge on any atom is -0.341 e. The molecule has 0 unspecified atom stereocenters. The maximum absolute atomic E-state index is 12.9. The Labute approximate surface area is 229 Å². The van der Waals surface area contributed by atoms with Crippen LogP contribution in [0.2, 0.25) is 0 Å². The third-order valence-corrected chi connectivity index (χ3v) is 8.16. The van der Waals surface area contributed by atoms with Crippen molar-refractivity contribution in [2.75, 3.05) is 13.1 Å². The number of imidazole rings is 2. The van der Waals surface area contributed by atoms with Crippen molar-refractivity contribution in [1.29, 1.82) is 0 Å². The number of benzene rings is 2. The molecule has 202 valence electrons. The maximum atomic E-state index is 12.9. The third-order valence-electron chi connectivity index (χ3n) is 8.16. The molecule has 2 saturated heterocycles. The number of rotatable bonds is 7. The molecule has 6 rings (SSSR count). The maximum Gasteiger partial charge on any atom is 0.240 e. The number of H-pyrrole nitrogens is 2. The van der Waals surface area contributed by atoms with E-state index in [1.54, 1.807) is 0 Å². The molecule has 0 radical (unpaired) electrons. The fraction of sp³-hybridized carbons (Fsp3) is 0.387. The highest BCUT2D eigenvalue weighted by Crippen LogP contribution is 2.33. The fourth-order valence-electron chi connectivity index (χ4n) is 5.71. The Hall–Kier alpha value is -3.75. The molecule has 0 aliphatic carbocycles.